The Morgan fingerprint density at radius 1 is 1.09 bits per heavy atom. The van der Waals surface area contributed by atoms with Crippen LogP contribution in [0.3, 0.4) is 0 Å². The molecule has 0 bridgehead atoms. The Morgan fingerprint density at radius 3 is 2.29 bits per heavy atom. The highest BCUT2D eigenvalue weighted by molar-refractivity contribution is 5.97. The third-order valence-corrected chi connectivity index (χ3v) is 5.64. The van der Waals surface area contributed by atoms with Gasteiger partial charge in [0.15, 0.2) is 6.61 Å². The fourth-order valence-electron chi connectivity index (χ4n) is 3.73. The molecule has 0 saturated carbocycles. The van der Waals surface area contributed by atoms with E-state index < -0.39 is 41.1 Å². The Morgan fingerprint density at radius 2 is 1.71 bits per heavy atom. The SMILES string of the molecule is CCc1cccc(CC)c1NC(=O)COC(=O)[C@H]1CC(=O)N(NC(=O)c2ccc([N+](=O)[O-])cc2)C1. The second-order valence-corrected chi connectivity index (χ2v) is 7.96. The van der Waals surface area contributed by atoms with E-state index in [4.69, 9.17) is 4.74 Å². The highest BCUT2D eigenvalue weighted by Crippen LogP contribution is 2.23. The smallest absolute Gasteiger partial charge is 0.311 e. The van der Waals surface area contributed by atoms with Crippen LogP contribution in [0.2, 0.25) is 0 Å². The molecule has 184 valence electrons. The Labute approximate surface area is 201 Å². The van der Waals surface area contributed by atoms with Gasteiger partial charge in [0, 0.05) is 29.8 Å². The van der Waals surface area contributed by atoms with Gasteiger partial charge in [0.2, 0.25) is 5.91 Å². The Balaban J connectivity index is 1.52. The molecular formula is C24H26N4O7. The van der Waals surface area contributed by atoms with Gasteiger partial charge < -0.3 is 10.1 Å². The number of nitro groups is 1. The molecule has 3 amide bonds. The molecule has 1 atom stereocenters. The van der Waals surface area contributed by atoms with Gasteiger partial charge >= 0.3 is 5.97 Å². The van der Waals surface area contributed by atoms with Gasteiger partial charge in [0.05, 0.1) is 17.4 Å². The van der Waals surface area contributed by atoms with Gasteiger partial charge in [-0.15, -0.1) is 0 Å². The van der Waals surface area contributed by atoms with E-state index in [0.717, 1.165) is 34.7 Å². The molecule has 0 radical (unpaired) electrons. The van der Waals surface area contributed by atoms with Gasteiger partial charge in [-0.1, -0.05) is 32.0 Å². The molecule has 1 aliphatic heterocycles. The molecule has 3 rings (SSSR count). The molecule has 11 heteroatoms. The van der Waals surface area contributed by atoms with Crippen molar-refractivity contribution in [3.8, 4) is 0 Å². The molecule has 0 aromatic heterocycles. The number of nitrogens with zero attached hydrogens (tertiary/aromatic N) is 2. The third-order valence-electron chi connectivity index (χ3n) is 5.64. The number of carbonyl (C=O) groups is 4. The molecule has 0 unspecified atom stereocenters. The van der Waals surface area contributed by atoms with Gasteiger partial charge in [-0.3, -0.25) is 39.7 Å². The number of aryl methyl sites for hydroxylation is 2. The minimum absolute atomic E-state index is 0.114. The van der Waals surface area contributed by atoms with E-state index in [1.165, 1.54) is 24.3 Å². The van der Waals surface area contributed by atoms with Crippen molar-refractivity contribution in [3.05, 3.63) is 69.3 Å². The normalized spacial score (nSPS) is 15.0. The summed E-state index contributed by atoms with van der Waals surface area (Å²) in [7, 11) is 0. The number of para-hydroxylation sites is 1. The van der Waals surface area contributed by atoms with Crippen molar-refractivity contribution in [2.24, 2.45) is 5.92 Å². The third kappa shape index (κ3) is 6.19. The Bertz CT molecular complexity index is 1120. The first-order chi connectivity index (χ1) is 16.7. The van der Waals surface area contributed by atoms with Crippen LogP contribution in [0.4, 0.5) is 11.4 Å². The number of benzene rings is 2. The number of nitro benzene ring substituents is 1. The number of ether oxygens (including phenoxy) is 1. The van der Waals surface area contributed by atoms with Gasteiger partial charge in [-0.05, 0) is 36.1 Å². The second-order valence-electron chi connectivity index (χ2n) is 7.96. The molecule has 1 fully saturated rings. The topological polar surface area (TPSA) is 148 Å². The van der Waals surface area contributed by atoms with E-state index in [1.807, 2.05) is 32.0 Å². The van der Waals surface area contributed by atoms with Crippen LogP contribution in [-0.4, -0.2) is 46.8 Å². The summed E-state index contributed by atoms with van der Waals surface area (Å²) < 4.78 is 5.12. The average Bonchev–Trinajstić information content (AvgIpc) is 3.22. The predicted octanol–water partition coefficient (Wildman–Crippen LogP) is 2.39. The predicted molar refractivity (Wildman–Crippen MR) is 125 cm³/mol. The van der Waals surface area contributed by atoms with Crippen LogP contribution >= 0.6 is 0 Å². The molecule has 2 aromatic carbocycles. The fourth-order valence-corrected chi connectivity index (χ4v) is 3.73. The van der Waals surface area contributed by atoms with Crippen LogP contribution in [0, 0.1) is 16.0 Å². The van der Waals surface area contributed by atoms with E-state index in [-0.39, 0.29) is 24.2 Å². The average molecular weight is 482 g/mol. The summed E-state index contributed by atoms with van der Waals surface area (Å²) in [5.41, 5.74) is 5.00. The number of carbonyl (C=O) groups excluding carboxylic acids is 4. The zero-order chi connectivity index (χ0) is 25.5. The lowest BCUT2D eigenvalue weighted by atomic mass is 10.0. The maximum Gasteiger partial charge on any atom is 0.311 e. The number of hydrogen-bond donors (Lipinski definition) is 2. The van der Waals surface area contributed by atoms with Crippen molar-refractivity contribution < 1.29 is 28.8 Å². The molecule has 2 N–H and O–H groups in total. The van der Waals surface area contributed by atoms with Gasteiger partial charge in [0.1, 0.15) is 0 Å². The zero-order valence-corrected chi connectivity index (χ0v) is 19.4. The Kier molecular flexibility index (Phi) is 8.13. The fraction of sp³-hybridized carbons (Fsp3) is 0.333. The summed E-state index contributed by atoms with van der Waals surface area (Å²) in [6.07, 6.45) is 1.28. The lowest BCUT2D eigenvalue weighted by Gasteiger charge is -2.17. The first kappa shape index (κ1) is 25.3. The molecule has 1 saturated heterocycles. The standard InChI is InChI=1S/C24H26N4O7/c1-3-15-6-5-7-16(4-2)22(15)25-20(29)14-35-24(32)18-12-21(30)27(13-18)26-23(31)17-8-10-19(11-9-17)28(33)34/h5-11,18H,3-4,12-14H2,1-2H3,(H,25,29)(H,26,31)/t18-/m0/s1. The molecule has 1 heterocycles. The van der Waals surface area contributed by atoms with E-state index >= 15 is 0 Å². The number of non-ortho nitro benzene ring substituents is 1. The number of anilines is 1. The van der Waals surface area contributed by atoms with E-state index in [2.05, 4.69) is 10.7 Å². The molecule has 11 nitrogen and oxygen atoms in total. The monoisotopic (exact) mass is 482 g/mol. The summed E-state index contributed by atoms with van der Waals surface area (Å²) in [4.78, 5) is 59.6. The highest BCUT2D eigenvalue weighted by atomic mass is 16.6. The first-order valence-corrected chi connectivity index (χ1v) is 11.2. The summed E-state index contributed by atoms with van der Waals surface area (Å²) in [6, 6.07) is 10.6. The summed E-state index contributed by atoms with van der Waals surface area (Å²) in [6.45, 7) is 3.35. The van der Waals surface area contributed by atoms with Crippen molar-refractivity contribution in [1.82, 2.24) is 10.4 Å². The maximum atomic E-state index is 12.4. The molecule has 1 aliphatic rings. The summed E-state index contributed by atoms with van der Waals surface area (Å²) in [5, 5.41) is 14.5. The van der Waals surface area contributed by atoms with E-state index in [9.17, 15) is 29.3 Å². The number of amides is 3. The minimum atomic E-state index is -0.846. The number of hydrogen-bond acceptors (Lipinski definition) is 7. The van der Waals surface area contributed by atoms with Crippen molar-refractivity contribution in [2.75, 3.05) is 18.5 Å². The van der Waals surface area contributed by atoms with Crippen molar-refractivity contribution in [3.63, 3.8) is 0 Å². The Hall–Kier alpha value is -4.28. The lowest BCUT2D eigenvalue weighted by molar-refractivity contribution is -0.384. The van der Waals surface area contributed by atoms with Crippen LogP contribution in [0.5, 0.6) is 0 Å². The molecule has 2 aromatic rings. The number of nitrogens with one attached hydrogen (secondary N) is 2. The maximum absolute atomic E-state index is 12.4. The van der Waals surface area contributed by atoms with Crippen LogP contribution in [0.15, 0.2) is 42.5 Å². The first-order valence-electron chi connectivity index (χ1n) is 11.2. The van der Waals surface area contributed by atoms with Crippen molar-refractivity contribution >= 4 is 35.1 Å². The largest absolute Gasteiger partial charge is 0.455 e. The highest BCUT2D eigenvalue weighted by Gasteiger charge is 2.36. The minimum Gasteiger partial charge on any atom is -0.455 e. The van der Waals surface area contributed by atoms with E-state index in [1.54, 1.807) is 0 Å². The summed E-state index contributed by atoms with van der Waals surface area (Å²) in [5.74, 6) is -3.19. The van der Waals surface area contributed by atoms with Crippen LogP contribution in [-0.2, 0) is 32.0 Å². The summed E-state index contributed by atoms with van der Waals surface area (Å²) >= 11 is 0. The van der Waals surface area contributed by atoms with Crippen LogP contribution in [0.1, 0.15) is 41.8 Å². The second kappa shape index (κ2) is 11.2. The molecule has 35 heavy (non-hydrogen) atoms. The van der Waals surface area contributed by atoms with Gasteiger partial charge in [0.25, 0.3) is 17.5 Å². The molecule has 0 aliphatic carbocycles. The quantitative estimate of drug-likeness (QED) is 0.317. The lowest BCUT2D eigenvalue weighted by Crippen LogP contribution is -2.43. The molecular weight excluding hydrogens is 456 g/mol. The van der Waals surface area contributed by atoms with Crippen molar-refractivity contribution in [1.29, 1.82) is 0 Å². The van der Waals surface area contributed by atoms with Crippen LogP contribution < -0.4 is 10.7 Å². The van der Waals surface area contributed by atoms with Crippen molar-refractivity contribution in [2.45, 2.75) is 33.1 Å². The number of esters is 1. The van der Waals surface area contributed by atoms with Gasteiger partial charge in [-0.2, -0.15) is 0 Å². The van der Waals surface area contributed by atoms with E-state index in [0.29, 0.717) is 0 Å². The number of rotatable bonds is 9. The van der Waals surface area contributed by atoms with Gasteiger partial charge in [-0.25, -0.2) is 0 Å². The molecule has 0 spiro atoms. The number of hydrazine groups is 1. The zero-order valence-electron chi connectivity index (χ0n) is 19.4. The van der Waals surface area contributed by atoms with Crippen LogP contribution in [0.25, 0.3) is 0 Å².